The van der Waals surface area contributed by atoms with Gasteiger partial charge in [-0.2, -0.15) is 0 Å². The summed E-state index contributed by atoms with van der Waals surface area (Å²) >= 11 is 0. The van der Waals surface area contributed by atoms with Crippen molar-refractivity contribution in [2.45, 2.75) is 13.8 Å². The van der Waals surface area contributed by atoms with Gasteiger partial charge in [-0.25, -0.2) is 4.79 Å². The summed E-state index contributed by atoms with van der Waals surface area (Å²) in [6.45, 7) is 4.79. The lowest BCUT2D eigenvalue weighted by Gasteiger charge is -2.10. The minimum absolute atomic E-state index is 0.0442. The maximum atomic E-state index is 12.4. The summed E-state index contributed by atoms with van der Waals surface area (Å²) < 4.78 is 15.5. The van der Waals surface area contributed by atoms with E-state index in [0.717, 1.165) is 0 Å². The van der Waals surface area contributed by atoms with Gasteiger partial charge in [0.05, 0.1) is 38.6 Å². The van der Waals surface area contributed by atoms with E-state index >= 15 is 0 Å². The quantitative estimate of drug-likeness (QED) is 0.0605. The van der Waals surface area contributed by atoms with Gasteiger partial charge in [0.2, 0.25) is 5.90 Å². The molecule has 0 aliphatic heterocycles. The molecule has 0 saturated carbocycles. The van der Waals surface area contributed by atoms with Crippen LogP contribution in [0.5, 0.6) is 0 Å². The lowest BCUT2D eigenvalue weighted by atomic mass is 10.1. The van der Waals surface area contributed by atoms with Crippen LogP contribution in [0.2, 0.25) is 0 Å². The number of aromatic carboxylic acids is 1. The number of carbonyl (C=O) groups is 3. The molecule has 0 saturated heterocycles. The minimum atomic E-state index is -1.26. The predicted octanol–water partition coefficient (Wildman–Crippen LogP) is 1.78. The van der Waals surface area contributed by atoms with E-state index in [4.69, 9.17) is 24.6 Å². The molecule has 1 aromatic rings. The molecule has 0 heterocycles. The zero-order valence-corrected chi connectivity index (χ0v) is 19.0. The van der Waals surface area contributed by atoms with Crippen LogP contribution in [0.3, 0.4) is 0 Å². The fourth-order valence-corrected chi connectivity index (χ4v) is 2.38. The highest BCUT2D eigenvalue weighted by atomic mass is 16.6. The Morgan fingerprint density at radius 1 is 1.09 bits per heavy atom. The van der Waals surface area contributed by atoms with Crippen molar-refractivity contribution in [2.24, 2.45) is 10.3 Å². The first-order valence-electron chi connectivity index (χ1n) is 10.3. The number of carbonyl (C=O) groups excluding carboxylic acids is 2. The van der Waals surface area contributed by atoms with E-state index < -0.39 is 24.4 Å². The van der Waals surface area contributed by atoms with E-state index in [1.165, 1.54) is 18.2 Å². The van der Waals surface area contributed by atoms with Crippen molar-refractivity contribution >= 4 is 29.4 Å². The van der Waals surface area contributed by atoms with E-state index in [9.17, 15) is 19.5 Å². The molecule has 0 spiro atoms. The van der Waals surface area contributed by atoms with Gasteiger partial charge in [0.25, 0.3) is 11.8 Å². The molecule has 0 bridgehead atoms. The Kier molecular flexibility index (Phi) is 13.8. The zero-order valence-electron chi connectivity index (χ0n) is 19.0. The van der Waals surface area contributed by atoms with Crippen molar-refractivity contribution in [3.8, 4) is 0 Å². The maximum absolute atomic E-state index is 12.4. The first-order valence-corrected chi connectivity index (χ1v) is 10.3. The van der Waals surface area contributed by atoms with Gasteiger partial charge in [0.15, 0.2) is 6.61 Å². The first kappa shape index (κ1) is 28.2. The third-order valence-electron chi connectivity index (χ3n) is 3.77. The van der Waals surface area contributed by atoms with Crippen LogP contribution in [0.25, 0.3) is 10.4 Å². The van der Waals surface area contributed by atoms with Gasteiger partial charge in [0, 0.05) is 36.2 Å². The highest BCUT2D eigenvalue weighted by Crippen LogP contribution is 2.16. The van der Waals surface area contributed by atoms with Crippen LogP contribution < -0.4 is 10.6 Å². The maximum Gasteiger partial charge on any atom is 0.335 e. The highest BCUT2D eigenvalue weighted by molar-refractivity contribution is 6.01. The molecule has 34 heavy (non-hydrogen) atoms. The second-order valence-electron chi connectivity index (χ2n) is 6.40. The van der Waals surface area contributed by atoms with Gasteiger partial charge in [0.1, 0.15) is 0 Å². The van der Waals surface area contributed by atoms with Crippen LogP contribution in [0, 0.1) is 0 Å². The van der Waals surface area contributed by atoms with Gasteiger partial charge in [-0.05, 0) is 30.7 Å². The minimum Gasteiger partial charge on any atom is -0.479 e. The summed E-state index contributed by atoms with van der Waals surface area (Å²) in [5.41, 5.74) is 8.11. The lowest BCUT2D eigenvalue weighted by molar-refractivity contribution is -0.120. The summed E-state index contributed by atoms with van der Waals surface area (Å²) in [4.78, 5) is 43.3. The zero-order chi connectivity index (χ0) is 25.2. The van der Waals surface area contributed by atoms with Crippen LogP contribution in [0.4, 0.5) is 5.69 Å². The number of nitrogens with zero attached hydrogens (tertiary/aromatic N) is 4. The Morgan fingerprint density at radius 2 is 1.79 bits per heavy atom. The number of nitrogens with one attached hydrogen (secondary N) is 2. The number of azide groups is 1. The Bertz CT molecular complexity index is 901. The van der Waals surface area contributed by atoms with E-state index in [1.54, 1.807) is 13.8 Å². The van der Waals surface area contributed by atoms with Crippen LogP contribution >= 0.6 is 0 Å². The Labute approximate surface area is 195 Å². The smallest absolute Gasteiger partial charge is 0.335 e. The number of anilines is 1. The molecule has 0 fully saturated rings. The third-order valence-corrected chi connectivity index (χ3v) is 3.77. The summed E-state index contributed by atoms with van der Waals surface area (Å²) in [6, 6.07) is 3.75. The van der Waals surface area contributed by atoms with E-state index in [2.05, 4.69) is 25.8 Å². The van der Waals surface area contributed by atoms with E-state index in [1.807, 2.05) is 0 Å². The molecule has 0 aliphatic rings. The van der Waals surface area contributed by atoms with Crippen LogP contribution in [-0.2, 0) is 23.8 Å². The second-order valence-corrected chi connectivity index (χ2v) is 6.40. The molecule has 1 aromatic carbocycles. The van der Waals surface area contributed by atoms with Crippen molar-refractivity contribution in [3.05, 3.63) is 39.8 Å². The summed E-state index contributed by atoms with van der Waals surface area (Å²) in [6.07, 6.45) is 0. The fourth-order valence-electron chi connectivity index (χ4n) is 2.38. The molecule has 14 heteroatoms. The molecule has 1 rings (SSSR count). The van der Waals surface area contributed by atoms with E-state index in [-0.39, 0.29) is 55.6 Å². The molecular formula is C20H28N6O8. The van der Waals surface area contributed by atoms with Crippen LogP contribution in [0.15, 0.2) is 28.5 Å². The van der Waals surface area contributed by atoms with Gasteiger partial charge in [-0.3, -0.25) is 9.59 Å². The predicted molar refractivity (Wildman–Crippen MR) is 121 cm³/mol. The number of carboxylic acids is 1. The number of benzene rings is 1. The third kappa shape index (κ3) is 12.2. The molecule has 0 aliphatic carbocycles. The average molecular weight is 480 g/mol. The topological polar surface area (TPSA) is 194 Å². The number of amides is 2. The van der Waals surface area contributed by atoms with Crippen molar-refractivity contribution in [2.75, 3.05) is 58.0 Å². The first-order chi connectivity index (χ1) is 16.4. The summed E-state index contributed by atoms with van der Waals surface area (Å²) in [5, 5.41) is 21.3. The van der Waals surface area contributed by atoms with Crippen molar-refractivity contribution < 1.29 is 38.5 Å². The molecular weight excluding hydrogens is 452 g/mol. The standard InChI is InChI=1S/C20H28N6O8/c1-3-33-14(2)25-34-13-18(27)24-17-11-15(10-16(12-17)20(29)30)19(28)22-4-6-31-8-9-32-7-5-23-26-21/h10-12H,3-9,13H2,1-2H3,(H,22,28)(H,24,27)(H,29,30)/b25-14-. The Hall–Kier alpha value is -3.87. The highest BCUT2D eigenvalue weighted by Gasteiger charge is 2.14. The van der Waals surface area contributed by atoms with Crippen LogP contribution in [-0.4, -0.2) is 81.5 Å². The monoisotopic (exact) mass is 480 g/mol. The summed E-state index contributed by atoms with van der Waals surface area (Å²) in [7, 11) is 0. The molecule has 186 valence electrons. The van der Waals surface area contributed by atoms with Crippen molar-refractivity contribution in [1.29, 1.82) is 0 Å². The van der Waals surface area contributed by atoms with Gasteiger partial charge < -0.3 is 34.8 Å². The normalized spacial score (nSPS) is 10.7. The SMILES string of the molecule is CCO/C(C)=N\OCC(=O)Nc1cc(C(=O)O)cc(C(=O)NCCOCCOCCN=[N+]=[N-])c1. The van der Waals surface area contributed by atoms with Gasteiger partial charge in [-0.15, -0.1) is 0 Å². The van der Waals surface area contributed by atoms with Crippen LogP contribution in [0.1, 0.15) is 34.6 Å². The molecule has 0 unspecified atom stereocenters. The number of hydrogen-bond acceptors (Lipinski definition) is 9. The Morgan fingerprint density at radius 3 is 2.47 bits per heavy atom. The molecule has 0 atom stereocenters. The van der Waals surface area contributed by atoms with Gasteiger partial charge >= 0.3 is 5.97 Å². The molecule has 14 nitrogen and oxygen atoms in total. The van der Waals surface area contributed by atoms with Gasteiger partial charge in [-0.1, -0.05) is 10.3 Å². The number of hydrogen-bond donors (Lipinski definition) is 3. The number of ether oxygens (including phenoxy) is 3. The Balaban J connectivity index is 2.54. The van der Waals surface area contributed by atoms with Crippen molar-refractivity contribution in [3.63, 3.8) is 0 Å². The lowest BCUT2D eigenvalue weighted by Crippen LogP contribution is -2.28. The fraction of sp³-hybridized carbons (Fsp3) is 0.500. The largest absolute Gasteiger partial charge is 0.479 e. The molecule has 2 amide bonds. The van der Waals surface area contributed by atoms with Crippen molar-refractivity contribution in [1.82, 2.24) is 5.32 Å². The van der Waals surface area contributed by atoms with E-state index in [0.29, 0.717) is 13.2 Å². The number of oxime groups is 1. The average Bonchev–Trinajstić information content (AvgIpc) is 2.80. The second kappa shape index (κ2) is 16.7. The molecule has 0 radical (unpaired) electrons. The molecule has 0 aromatic heterocycles. The molecule has 3 N–H and O–H groups in total. The summed E-state index contributed by atoms with van der Waals surface area (Å²) in [5.74, 6) is -2.15. The number of carboxylic acid groups (broad SMARTS) is 1. The number of rotatable bonds is 16.